The van der Waals surface area contributed by atoms with Crippen molar-refractivity contribution in [1.29, 1.82) is 0 Å². The molecule has 0 unspecified atom stereocenters. The van der Waals surface area contributed by atoms with Crippen molar-refractivity contribution in [2.24, 2.45) is 20.0 Å². The van der Waals surface area contributed by atoms with E-state index in [1.54, 1.807) is 24.9 Å². The summed E-state index contributed by atoms with van der Waals surface area (Å²) >= 11 is 13.6. The zero-order valence-corrected chi connectivity index (χ0v) is 35.8. The summed E-state index contributed by atoms with van der Waals surface area (Å²) in [6.45, 7) is 17.6. The molecule has 0 saturated heterocycles. The van der Waals surface area contributed by atoms with Crippen LogP contribution in [0.3, 0.4) is 0 Å². The van der Waals surface area contributed by atoms with Crippen molar-refractivity contribution in [2.45, 2.75) is 79.1 Å². The minimum atomic E-state index is 0.415. The summed E-state index contributed by atoms with van der Waals surface area (Å²) < 4.78 is 0. The van der Waals surface area contributed by atoms with Crippen molar-refractivity contribution >= 4 is 101 Å². The Balaban J connectivity index is 0.00000149. The molecule has 0 saturated carbocycles. The van der Waals surface area contributed by atoms with Crippen molar-refractivity contribution < 1.29 is 27.9 Å². The van der Waals surface area contributed by atoms with E-state index in [9.17, 15) is 0 Å². The van der Waals surface area contributed by atoms with Crippen LogP contribution in [0, 0.1) is 0 Å². The number of hydrogen-bond acceptors (Lipinski definition) is 4. The molecule has 0 amide bonds. The molecule has 0 radical (unpaired) electrons. The summed E-state index contributed by atoms with van der Waals surface area (Å²) in [5.74, 6) is 1.66. The molecule has 0 heterocycles. The summed E-state index contributed by atoms with van der Waals surface area (Å²) in [5, 5.41) is 0. The molecule has 246 valence electrons. The molecule has 0 aliphatic carbocycles. The van der Waals surface area contributed by atoms with Gasteiger partial charge in [-0.2, -0.15) is 0 Å². The molecular weight excluding hydrogens is 997 g/mol. The van der Waals surface area contributed by atoms with Crippen molar-refractivity contribution in [3.8, 4) is 0 Å². The zero-order chi connectivity index (χ0) is 33.1. The Kier molecular flexibility index (Phi) is 22.5. The summed E-state index contributed by atoms with van der Waals surface area (Å²) in [7, 11) is 0. The predicted octanol–water partition coefficient (Wildman–Crippen LogP) is 13.8. The first kappa shape index (κ1) is 41.6. The molecule has 0 bridgehead atoms. The Hall–Kier alpha value is -0.415. The van der Waals surface area contributed by atoms with Gasteiger partial charge in [-0.1, -0.05) is 91.8 Å². The number of para-hydroxylation sites is 2. The van der Waals surface area contributed by atoms with Gasteiger partial charge in [0, 0.05) is 24.9 Å². The first-order chi connectivity index (χ1) is 21.0. The Morgan fingerprint density at radius 2 is 0.659 bits per heavy atom. The van der Waals surface area contributed by atoms with E-state index < -0.39 is 0 Å². The van der Waals surface area contributed by atoms with Gasteiger partial charge in [0.1, 0.15) is 0 Å². The second-order valence-corrected chi connectivity index (χ2v) is 25.3. The summed E-state index contributed by atoms with van der Waals surface area (Å²) in [5.41, 5.74) is 8.90. The van der Waals surface area contributed by atoms with Crippen LogP contribution < -0.4 is 0 Å². The fraction of sp³-hybridized carbons (Fsp3) is 0.353. The normalized spacial score (nSPS) is 12.0. The second-order valence-electron chi connectivity index (χ2n) is 10.9. The van der Waals surface area contributed by atoms with Gasteiger partial charge in [-0.3, -0.25) is 20.0 Å². The first-order valence-electron chi connectivity index (χ1n) is 14.2. The van der Waals surface area contributed by atoms with Crippen LogP contribution in [0.5, 0.6) is 0 Å². The fourth-order valence-corrected chi connectivity index (χ4v) is 4.40. The number of aliphatic imine (C=N–C) groups is 4. The Labute approximate surface area is 307 Å². The van der Waals surface area contributed by atoms with Crippen LogP contribution in [0.1, 0.15) is 101 Å². The molecule has 0 fully saturated rings. The van der Waals surface area contributed by atoms with Gasteiger partial charge in [0.15, 0.2) is 0 Å². The summed E-state index contributed by atoms with van der Waals surface area (Å²) in [4.78, 5) is 18.7. The van der Waals surface area contributed by atoms with Crippen LogP contribution >= 0.6 is 53.7 Å². The van der Waals surface area contributed by atoms with Crippen LogP contribution in [0.15, 0.2) is 80.6 Å². The third-order valence-electron chi connectivity index (χ3n) is 6.52. The molecule has 0 aliphatic heterocycles. The van der Waals surface area contributed by atoms with Gasteiger partial charge in [0.05, 0.1) is 22.7 Å². The van der Waals surface area contributed by atoms with Crippen molar-refractivity contribution in [3.63, 3.8) is 0 Å². The number of nitrogens with zero attached hydrogens (tertiary/aromatic N) is 4. The second kappa shape index (κ2) is 23.8. The maximum absolute atomic E-state index is 4.78. The molecule has 3 aromatic rings. The Morgan fingerprint density at radius 1 is 0.432 bits per heavy atom. The van der Waals surface area contributed by atoms with Gasteiger partial charge in [0.2, 0.25) is 0 Å². The number of benzene rings is 3. The summed E-state index contributed by atoms with van der Waals surface area (Å²) in [6.07, 6.45) is 7.08. The quantitative estimate of drug-likeness (QED) is 0.144. The monoisotopic (exact) mass is 1030 g/mol. The van der Waals surface area contributed by atoms with E-state index in [2.05, 4.69) is 155 Å². The zero-order valence-electron chi connectivity index (χ0n) is 26.3. The average Bonchev–Trinajstić information content (AvgIpc) is 2.98. The molecular formula is C34H42Br4N4Pd2. The molecule has 0 atom stereocenters. The molecule has 44 heavy (non-hydrogen) atoms. The standard InChI is InChI=1S/C34H42N4.4BrH.2Pd/c1-23(2)29-11-9-12-30(24(3)4)33(29)37-21-19-35-27-15-17-28(18-16-27)36-20-22-38-34-31(25(5)6)13-10-14-32(34)26(7)8;;;;;;/h9-26H,1-8H3;4*1H;;/q;;;;;2*+2/p-4. The van der Waals surface area contributed by atoms with E-state index >= 15 is 0 Å². The van der Waals surface area contributed by atoms with E-state index in [0.717, 1.165) is 22.7 Å². The molecule has 0 spiro atoms. The van der Waals surface area contributed by atoms with Crippen LogP contribution in [-0.4, -0.2) is 24.9 Å². The van der Waals surface area contributed by atoms with Gasteiger partial charge in [-0.05, 0) is 70.2 Å². The van der Waals surface area contributed by atoms with Crippen molar-refractivity contribution in [2.75, 3.05) is 0 Å². The molecule has 0 aromatic heterocycles. The van der Waals surface area contributed by atoms with Crippen LogP contribution in [0.2, 0.25) is 0 Å². The third-order valence-corrected chi connectivity index (χ3v) is 6.52. The van der Waals surface area contributed by atoms with E-state index in [4.69, 9.17) is 9.98 Å². The first-order valence-corrected chi connectivity index (χ1v) is 28.4. The van der Waals surface area contributed by atoms with Crippen LogP contribution in [-0.2, 0) is 27.9 Å². The Bertz CT molecular complexity index is 1210. The minimum absolute atomic E-state index is 0.415. The van der Waals surface area contributed by atoms with Crippen molar-refractivity contribution in [3.05, 3.63) is 82.9 Å². The van der Waals surface area contributed by atoms with Crippen molar-refractivity contribution in [1.82, 2.24) is 0 Å². The molecule has 3 rings (SSSR count). The van der Waals surface area contributed by atoms with Gasteiger partial charge in [-0.25, -0.2) is 0 Å². The number of halogens is 4. The molecule has 10 heteroatoms. The van der Waals surface area contributed by atoms with Gasteiger partial charge in [-0.15, -0.1) is 0 Å². The van der Waals surface area contributed by atoms with E-state index in [1.165, 1.54) is 22.3 Å². The van der Waals surface area contributed by atoms with Gasteiger partial charge >= 0.3 is 81.6 Å². The SMILES string of the molecule is CC(C)c1cccc(C(C)C)c1N=CC=Nc1ccc(N=CC=Nc2c(C(C)C)cccc2C(C)C)cc1.[Br][Pd][Br].[Br][Pd][Br]. The van der Waals surface area contributed by atoms with E-state index in [0.29, 0.717) is 51.6 Å². The maximum atomic E-state index is 4.78. The van der Waals surface area contributed by atoms with Crippen LogP contribution in [0.25, 0.3) is 0 Å². The number of rotatable bonds is 10. The fourth-order valence-electron chi connectivity index (χ4n) is 4.40. The van der Waals surface area contributed by atoms with Gasteiger partial charge < -0.3 is 0 Å². The van der Waals surface area contributed by atoms with E-state index in [-0.39, 0.29) is 0 Å². The molecule has 4 nitrogen and oxygen atoms in total. The topological polar surface area (TPSA) is 49.4 Å². The van der Waals surface area contributed by atoms with Gasteiger partial charge in [0.25, 0.3) is 0 Å². The Morgan fingerprint density at radius 3 is 0.886 bits per heavy atom. The summed E-state index contributed by atoms with van der Waals surface area (Å²) in [6, 6.07) is 20.7. The van der Waals surface area contributed by atoms with E-state index in [1.807, 2.05) is 24.3 Å². The number of hydrogen-bond donors (Lipinski definition) is 0. The molecule has 3 aromatic carbocycles. The average molecular weight is 1040 g/mol. The molecule has 0 N–H and O–H groups in total. The predicted molar refractivity (Wildman–Crippen MR) is 204 cm³/mol. The third kappa shape index (κ3) is 15.0. The van der Waals surface area contributed by atoms with Crippen LogP contribution in [0.4, 0.5) is 22.7 Å². The molecule has 0 aliphatic rings.